The first-order valence-corrected chi connectivity index (χ1v) is 7.74. The van der Waals surface area contributed by atoms with Crippen molar-refractivity contribution in [2.45, 2.75) is 39.7 Å². The Morgan fingerprint density at radius 1 is 1.23 bits per heavy atom. The molecule has 0 saturated heterocycles. The molecule has 22 heavy (non-hydrogen) atoms. The van der Waals surface area contributed by atoms with E-state index in [1.807, 2.05) is 50.3 Å². The molecule has 0 unspecified atom stereocenters. The predicted octanol–water partition coefficient (Wildman–Crippen LogP) is 5.24. The first kappa shape index (κ1) is 17.8. The lowest BCUT2D eigenvalue weighted by molar-refractivity contribution is 0.233. The maximum absolute atomic E-state index is 9.05. The van der Waals surface area contributed by atoms with E-state index in [9.17, 15) is 0 Å². The van der Waals surface area contributed by atoms with Gasteiger partial charge in [-0.05, 0) is 30.4 Å². The van der Waals surface area contributed by atoms with Crippen molar-refractivity contribution in [1.29, 1.82) is 0 Å². The zero-order valence-electron chi connectivity index (χ0n) is 13.5. The van der Waals surface area contributed by atoms with Crippen LogP contribution in [-0.4, -0.2) is 10.9 Å². The first-order chi connectivity index (χ1) is 10.8. The molecule has 0 bridgehead atoms. The molecule has 2 rings (SSSR count). The molecular formula is C19H25NO2. The van der Waals surface area contributed by atoms with Crippen molar-refractivity contribution < 1.29 is 9.94 Å². The number of ether oxygens (including phenoxy) is 1. The topological polar surface area (TPSA) is 41.8 Å². The fraction of sp³-hybridized carbons (Fsp3) is 0.316. The molecule has 1 N–H and O–H groups in total. The average Bonchev–Trinajstić information content (AvgIpc) is 2.59. The third-order valence-electron chi connectivity index (χ3n) is 3.24. The normalized spacial score (nSPS) is 19.6. The lowest BCUT2D eigenvalue weighted by Crippen LogP contribution is -2.12. The summed E-state index contributed by atoms with van der Waals surface area (Å²) >= 11 is 0. The van der Waals surface area contributed by atoms with E-state index >= 15 is 0 Å². The second-order valence-corrected chi connectivity index (χ2v) is 4.66. The highest BCUT2D eigenvalue weighted by atomic mass is 16.5. The lowest BCUT2D eigenvalue weighted by Gasteiger charge is -2.18. The number of nitrogens with zero attached hydrogens (tertiary/aromatic N) is 1. The number of hydrogen-bond donors (Lipinski definition) is 1. The minimum absolute atomic E-state index is 0.539. The van der Waals surface area contributed by atoms with E-state index in [4.69, 9.17) is 9.94 Å². The zero-order valence-corrected chi connectivity index (χ0v) is 13.5. The van der Waals surface area contributed by atoms with Crippen LogP contribution in [0.25, 0.3) is 0 Å². The summed E-state index contributed by atoms with van der Waals surface area (Å²) in [5.41, 5.74) is 3.80. The Bertz CT molecular complexity index is 542. The van der Waals surface area contributed by atoms with Crippen molar-refractivity contribution in [1.82, 2.24) is 0 Å². The van der Waals surface area contributed by atoms with Crippen LogP contribution < -0.4 is 0 Å². The van der Waals surface area contributed by atoms with Crippen LogP contribution in [0.5, 0.6) is 0 Å². The molecule has 0 aromatic heterocycles. The van der Waals surface area contributed by atoms with Crippen LogP contribution in [-0.2, 0) is 11.3 Å². The van der Waals surface area contributed by atoms with Gasteiger partial charge in [-0.25, -0.2) is 0 Å². The van der Waals surface area contributed by atoms with Crippen LogP contribution >= 0.6 is 0 Å². The van der Waals surface area contributed by atoms with Crippen molar-refractivity contribution >= 4 is 5.71 Å². The largest absolute Gasteiger partial charge is 0.496 e. The number of oxime groups is 1. The molecule has 0 amide bonds. The van der Waals surface area contributed by atoms with Crippen molar-refractivity contribution in [2.75, 3.05) is 0 Å². The van der Waals surface area contributed by atoms with Gasteiger partial charge in [-0.1, -0.05) is 68.1 Å². The van der Waals surface area contributed by atoms with E-state index in [0.717, 1.165) is 36.0 Å². The van der Waals surface area contributed by atoms with Gasteiger partial charge >= 0.3 is 0 Å². The summed E-state index contributed by atoms with van der Waals surface area (Å²) < 4.78 is 5.65. The maximum Gasteiger partial charge on any atom is 0.112 e. The van der Waals surface area contributed by atoms with Crippen LogP contribution in [0.1, 0.15) is 38.7 Å². The highest BCUT2D eigenvalue weighted by molar-refractivity contribution is 6.04. The number of benzene rings is 1. The smallest absolute Gasteiger partial charge is 0.112 e. The Morgan fingerprint density at radius 2 is 1.95 bits per heavy atom. The zero-order chi connectivity index (χ0) is 16.2. The third-order valence-corrected chi connectivity index (χ3v) is 3.24. The summed E-state index contributed by atoms with van der Waals surface area (Å²) in [6, 6.07) is 10.0. The van der Waals surface area contributed by atoms with Crippen molar-refractivity contribution in [2.24, 2.45) is 5.16 Å². The summed E-state index contributed by atoms with van der Waals surface area (Å²) in [4.78, 5) is 0. The molecule has 3 nitrogen and oxygen atoms in total. The molecule has 1 aliphatic carbocycles. The number of hydrogen-bond acceptors (Lipinski definition) is 3. The molecule has 118 valence electrons. The quantitative estimate of drug-likeness (QED) is 0.469. The second-order valence-electron chi connectivity index (χ2n) is 4.66. The molecule has 0 heterocycles. The summed E-state index contributed by atoms with van der Waals surface area (Å²) in [5, 5.41) is 12.4. The van der Waals surface area contributed by atoms with Gasteiger partial charge in [-0.15, -0.1) is 0 Å². The first-order valence-electron chi connectivity index (χ1n) is 7.74. The number of rotatable bonds is 4. The molecule has 1 aromatic carbocycles. The third kappa shape index (κ3) is 5.24. The Balaban J connectivity index is 0.00000116. The summed E-state index contributed by atoms with van der Waals surface area (Å²) in [5.74, 6) is 0. The Morgan fingerprint density at radius 3 is 2.59 bits per heavy atom. The van der Waals surface area contributed by atoms with Gasteiger partial charge in [-0.2, -0.15) is 0 Å². The van der Waals surface area contributed by atoms with E-state index < -0.39 is 0 Å². The highest BCUT2D eigenvalue weighted by Crippen LogP contribution is 2.27. The Labute approximate surface area is 133 Å². The fourth-order valence-electron chi connectivity index (χ4n) is 2.26. The Kier molecular flexibility index (Phi) is 8.43. The molecule has 0 aliphatic heterocycles. The maximum atomic E-state index is 9.05. The minimum Gasteiger partial charge on any atom is -0.496 e. The molecule has 1 saturated carbocycles. The van der Waals surface area contributed by atoms with Crippen molar-refractivity contribution in [3.8, 4) is 0 Å². The van der Waals surface area contributed by atoms with Gasteiger partial charge < -0.3 is 9.94 Å². The highest BCUT2D eigenvalue weighted by Gasteiger charge is 2.18. The molecule has 1 aromatic rings. The summed E-state index contributed by atoms with van der Waals surface area (Å²) in [6.45, 7) is 8.24. The van der Waals surface area contributed by atoms with Gasteiger partial charge in [0, 0.05) is 5.57 Å². The fourth-order valence-corrected chi connectivity index (χ4v) is 2.26. The Hall–Kier alpha value is -2.29. The molecule has 0 spiro atoms. The minimum atomic E-state index is 0.539. The summed E-state index contributed by atoms with van der Waals surface area (Å²) in [7, 11) is 0. The van der Waals surface area contributed by atoms with Crippen LogP contribution in [0.4, 0.5) is 0 Å². The van der Waals surface area contributed by atoms with Crippen molar-refractivity contribution in [3.05, 3.63) is 72.0 Å². The molecule has 1 aliphatic rings. The van der Waals surface area contributed by atoms with Gasteiger partial charge in [0.05, 0.1) is 12.0 Å². The van der Waals surface area contributed by atoms with Crippen LogP contribution in [0.15, 0.2) is 71.6 Å². The van der Waals surface area contributed by atoms with Gasteiger partial charge in [0.25, 0.3) is 0 Å². The van der Waals surface area contributed by atoms with Gasteiger partial charge in [0.1, 0.15) is 6.61 Å². The number of allylic oxidation sites excluding steroid dienone is 4. The molecular weight excluding hydrogens is 274 g/mol. The summed E-state index contributed by atoms with van der Waals surface area (Å²) in [6.07, 6.45) is 8.02. The molecule has 1 fully saturated rings. The van der Waals surface area contributed by atoms with E-state index in [1.165, 1.54) is 0 Å². The standard InChI is InChI=1S/C17H19NO2.C2H6/c1-2-7-16-15(10-6-11-17(16)18-19)13-20-12-14-8-4-3-5-9-14;1-2/h2-5,7-9,13,19H,1,6,10-12H2;1-2H3/b15-13-,16-7+,18-17+;. The van der Waals surface area contributed by atoms with Gasteiger partial charge in [0.2, 0.25) is 0 Å². The van der Waals surface area contributed by atoms with E-state index in [2.05, 4.69) is 11.7 Å². The monoisotopic (exact) mass is 299 g/mol. The SMILES string of the molecule is C=C/C=C1C(=C/OCc2ccccc2)\CCCC\1=N/O.CC. The van der Waals surface area contributed by atoms with E-state index in [-0.39, 0.29) is 0 Å². The van der Waals surface area contributed by atoms with Crippen LogP contribution in [0.2, 0.25) is 0 Å². The molecule has 0 atom stereocenters. The van der Waals surface area contributed by atoms with Gasteiger partial charge in [-0.3, -0.25) is 0 Å². The molecule has 0 radical (unpaired) electrons. The van der Waals surface area contributed by atoms with Crippen LogP contribution in [0, 0.1) is 0 Å². The van der Waals surface area contributed by atoms with Crippen LogP contribution in [0.3, 0.4) is 0 Å². The predicted molar refractivity (Wildman–Crippen MR) is 92.0 cm³/mol. The van der Waals surface area contributed by atoms with Gasteiger partial charge in [0.15, 0.2) is 0 Å². The van der Waals surface area contributed by atoms with Crippen molar-refractivity contribution in [3.63, 3.8) is 0 Å². The van der Waals surface area contributed by atoms with E-state index in [1.54, 1.807) is 12.3 Å². The van der Waals surface area contributed by atoms with E-state index in [0.29, 0.717) is 12.3 Å². The molecule has 3 heteroatoms. The lowest BCUT2D eigenvalue weighted by atomic mass is 9.88. The average molecular weight is 299 g/mol. The second kappa shape index (κ2) is 10.4.